The second-order valence-corrected chi connectivity index (χ2v) is 4.30. The molecule has 0 amide bonds. The fraction of sp³-hybridized carbons (Fsp3) is 0.143. The van der Waals surface area contributed by atoms with Crippen molar-refractivity contribution in [3.05, 3.63) is 35.9 Å². The van der Waals surface area contributed by atoms with Crippen molar-refractivity contribution in [3.63, 3.8) is 0 Å². The molecule has 86 valence electrons. The van der Waals surface area contributed by atoms with E-state index in [1.54, 1.807) is 7.11 Å². The maximum Gasteiger partial charge on any atom is 0.0734 e. The molecule has 17 heavy (non-hydrogen) atoms. The Morgan fingerprint density at radius 1 is 1.00 bits per heavy atom. The van der Waals surface area contributed by atoms with Gasteiger partial charge in [0, 0.05) is 34.8 Å². The standard InChI is InChI=1S/C14H14N2O/c1-17-7-10-6-11(15)12-8-2-4-9(5-3-8)13(12)14(10)16/h2-6H,7,15-16H2,1H3. The van der Waals surface area contributed by atoms with Crippen molar-refractivity contribution >= 4 is 32.9 Å². The SMILES string of the molecule is COCc1cc(N)c2c3ccc(cc3)c2c1N. The van der Waals surface area contributed by atoms with Crippen molar-refractivity contribution in [3.8, 4) is 0 Å². The van der Waals surface area contributed by atoms with Crippen molar-refractivity contribution in [1.29, 1.82) is 0 Å². The Morgan fingerprint density at radius 2 is 1.59 bits per heavy atom. The highest BCUT2D eigenvalue weighted by molar-refractivity contribution is 6.19. The highest BCUT2D eigenvalue weighted by atomic mass is 16.5. The predicted molar refractivity (Wildman–Crippen MR) is 72.2 cm³/mol. The van der Waals surface area contributed by atoms with Gasteiger partial charge in [-0.25, -0.2) is 0 Å². The molecule has 0 aliphatic rings. The van der Waals surface area contributed by atoms with Crippen LogP contribution < -0.4 is 11.5 Å². The molecule has 3 heteroatoms. The molecule has 2 bridgehead atoms. The van der Waals surface area contributed by atoms with Gasteiger partial charge in [0.05, 0.1) is 6.61 Å². The number of nitrogen functional groups attached to an aromatic ring is 2. The number of hydrogen-bond acceptors (Lipinski definition) is 3. The van der Waals surface area contributed by atoms with E-state index in [1.165, 1.54) is 0 Å². The van der Waals surface area contributed by atoms with Crippen molar-refractivity contribution in [1.82, 2.24) is 0 Å². The first-order valence-corrected chi connectivity index (χ1v) is 5.53. The van der Waals surface area contributed by atoms with Crippen LogP contribution in [0.15, 0.2) is 30.3 Å². The van der Waals surface area contributed by atoms with Crippen LogP contribution in [-0.2, 0) is 11.3 Å². The van der Waals surface area contributed by atoms with Gasteiger partial charge in [0.25, 0.3) is 0 Å². The normalized spacial score (nSPS) is 11.6. The number of anilines is 2. The van der Waals surface area contributed by atoms with Crippen LogP contribution in [0, 0.1) is 0 Å². The summed E-state index contributed by atoms with van der Waals surface area (Å²) in [5, 5.41) is 4.36. The molecule has 0 atom stereocenters. The maximum absolute atomic E-state index is 6.21. The largest absolute Gasteiger partial charge is 0.398 e. The van der Waals surface area contributed by atoms with E-state index in [4.69, 9.17) is 16.2 Å². The third-order valence-electron chi connectivity index (χ3n) is 3.25. The van der Waals surface area contributed by atoms with Crippen LogP contribution in [0.3, 0.4) is 0 Å². The Labute approximate surface area is 99.3 Å². The quantitative estimate of drug-likeness (QED) is 0.660. The molecule has 4 aromatic carbocycles. The number of ether oxygens (including phenoxy) is 1. The molecule has 0 aliphatic carbocycles. The molecular formula is C14H14N2O. The number of fused-ring (bicyclic) bond motifs is 2. The van der Waals surface area contributed by atoms with Crippen LogP contribution in [0.1, 0.15) is 5.56 Å². The average molecular weight is 226 g/mol. The number of nitrogens with two attached hydrogens (primary N) is 2. The maximum atomic E-state index is 6.21. The van der Waals surface area contributed by atoms with Crippen molar-refractivity contribution in [2.75, 3.05) is 18.6 Å². The summed E-state index contributed by atoms with van der Waals surface area (Å²) in [4.78, 5) is 0. The van der Waals surface area contributed by atoms with Crippen molar-refractivity contribution in [2.45, 2.75) is 6.61 Å². The molecule has 0 unspecified atom stereocenters. The molecule has 0 radical (unpaired) electrons. The summed E-state index contributed by atoms with van der Waals surface area (Å²) in [7, 11) is 1.66. The van der Waals surface area contributed by atoms with Crippen LogP contribution in [0.5, 0.6) is 0 Å². The van der Waals surface area contributed by atoms with E-state index >= 15 is 0 Å². The lowest BCUT2D eigenvalue weighted by Gasteiger charge is -2.15. The Bertz CT molecular complexity index is 671. The summed E-state index contributed by atoms with van der Waals surface area (Å²) >= 11 is 0. The molecule has 0 aliphatic heterocycles. The van der Waals surface area contributed by atoms with E-state index in [0.717, 1.165) is 38.5 Å². The van der Waals surface area contributed by atoms with Gasteiger partial charge in [-0.05, 0) is 16.8 Å². The van der Waals surface area contributed by atoms with Gasteiger partial charge in [-0.3, -0.25) is 0 Å². The van der Waals surface area contributed by atoms with Gasteiger partial charge in [-0.15, -0.1) is 0 Å². The minimum atomic E-state index is 0.485. The zero-order chi connectivity index (χ0) is 12.0. The Hall–Kier alpha value is -2.00. The monoisotopic (exact) mass is 226 g/mol. The van der Waals surface area contributed by atoms with E-state index in [2.05, 4.69) is 24.3 Å². The zero-order valence-electron chi connectivity index (χ0n) is 9.66. The first kappa shape index (κ1) is 10.2. The van der Waals surface area contributed by atoms with E-state index in [9.17, 15) is 0 Å². The summed E-state index contributed by atoms with van der Waals surface area (Å²) < 4.78 is 5.15. The molecular weight excluding hydrogens is 212 g/mol. The molecule has 4 aromatic rings. The average Bonchev–Trinajstić information content (AvgIpc) is 2.36. The summed E-state index contributed by atoms with van der Waals surface area (Å²) in [5.74, 6) is 0. The van der Waals surface area contributed by atoms with Gasteiger partial charge < -0.3 is 16.2 Å². The summed E-state index contributed by atoms with van der Waals surface area (Å²) in [5.41, 5.74) is 14.8. The molecule has 0 spiro atoms. The van der Waals surface area contributed by atoms with Gasteiger partial charge in [-0.1, -0.05) is 24.3 Å². The number of methoxy groups -OCH3 is 1. The van der Waals surface area contributed by atoms with E-state index < -0.39 is 0 Å². The highest BCUT2D eigenvalue weighted by Crippen LogP contribution is 2.38. The van der Waals surface area contributed by atoms with Crippen LogP contribution in [0.25, 0.3) is 21.5 Å². The van der Waals surface area contributed by atoms with E-state index in [0.29, 0.717) is 6.61 Å². The fourth-order valence-corrected chi connectivity index (χ4v) is 2.47. The van der Waals surface area contributed by atoms with E-state index in [-0.39, 0.29) is 0 Å². The van der Waals surface area contributed by atoms with Crippen LogP contribution in [0.4, 0.5) is 11.4 Å². The lowest BCUT2D eigenvalue weighted by atomic mass is 9.94. The molecule has 0 fully saturated rings. The molecule has 0 aromatic heterocycles. The minimum Gasteiger partial charge on any atom is -0.398 e. The van der Waals surface area contributed by atoms with Crippen LogP contribution in [0.2, 0.25) is 0 Å². The first-order valence-electron chi connectivity index (χ1n) is 5.53. The van der Waals surface area contributed by atoms with Gasteiger partial charge in [0.2, 0.25) is 0 Å². The molecule has 3 nitrogen and oxygen atoms in total. The van der Waals surface area contributed by atoms with E-state index in [1.807, 2.05) is 6.07 Å². The molecule has 0 heterocycles. The summed E-state index contributed by atoms with van der Waals surface area (Å²) in [6.45, 7) is 0.485. The van der Waals surface area contributed by atoms with Gasteiger partial charge in [0.15, 0.2) is 0 Å². The van der Waals surface area contributed by atoms with Crippen molar-refractivity contribution in [2.24, 2.45) is 0 Å². The minimum absolute atomic E-state index is 0.485. The van der Waals surface area contributed by atoms with Gasteiger partial charge >= 0.3 is 0 Å². The molecule has 4 N–H and O–H groups in total. The number of benzene rings is 4. The Morgan fingerprint density at radius 3 is 2.18 bits per heavy atom. The zero-order valence-corrected chi connectivity index (χ0v) is 9.66. The topological polar surface area (TPSA) is 61.3 Å². The third kappa shape index (κ3) is 1.33. The molecule has 0 saturated carbocycles. The number of hydrogen-bond donors (Lipinski definition) is 2. The van der Waals surface area contributed by atoms with Gasteiger partial charge in [0.1, 0.15) is 0 Å². The smallest absolute Gasteiger partial charge is 0.0734 e. The second-order valence-electron chi connectivity index (χ2n) is 4.30. The summed E-state index contributed by atoms with van der Waals surface area (Å²) in [6.07, 6.45) is 0. The van der Waals surface area contributed by atoms with Crippen LogP contribution in [-0.4, -0.2) is 7.11 Å². The Balaban J connectivity index is 2.47. The molecule has 0 saturated heterocycles. The fourth-order valence-electron chi connectivity index (χ4n) is 2.47. The lowest BCUT2D eigenvalue weighted by molar-refractivity contribution is 0.185. The first-order chi connectivity index (χ1) is 8.22. The van der Waals surface area contributed by atoms with Gasteiger partial charge in [-0.2, -0.15) is 0 Å². The highest BCUT2D eigenvalue weighted by Gasteiger charge is 2.12. The molecule has 4 rings (SSSR count). The van der Waals surface area contributed by atoms with Crippen LogP contribution >= 0.6 is 0 Å². The third-order valence-corrected chi connectivity index (χ3v) is 3.25. The lowest BCUT2D eigenvalue weighted by Crippen LogP contribution is -2.01. The Kier molecular flexibility index (Phi) is 2.09. The number of rotatable bonds is 2. The summed E-state index contributed by atoms with van der Waals surface area (Å²) in [6, 6.07) is 10.2. The van der Waals surface area contributed by atoms with Crippen molar-refractivity contribution < 1.29 is 4.74 Å². The second kappa shape index (κ2) is 3.50. The predicted octanol–water partition coefficient (Wildman–Crippen LogP) is 2.74.